The predicted molar refractivity (Wildman–Crippen MR) is 76.1 cm³/mol. The van der Waals surface area contributed by atoms with Gasteiger partial charge in [0.25, 0.3) is 0 Å². The van der Waals surface area contributed by atoms with Gasteiger partial charge in [-0.3, -0.25) is 0 Å². The summed E-state index contributed by atoms with van der Waals surface area (Å²) in [6.07, 6.45) is 1.03. The summed E-state index contributed by atoms with van der Waals surface area (Å²) in [5.41, 5.74) is -0.0962. The van der Waals surface area contributed by atoms with Crippen LogP contribution in [0.4, 0.5) is 0 Å². The smallest absolute Gasteiger partial charge is 0.222 e. The first-order chi connectivity index (χ1) is 9.28. The highest BCUT2D eigenvalue weighted by Gasteiger charge is 2.20. The minimum absolute atomic E-state index is 0.0656. The fourth-order valence-corrected chi connectivity index (χ4v) is 3.62. The first-order valence-corrected chi connectivity index (χ1v) is 7.96. The molecule has 2 aromatic rings. The molecule has 0 radical (unpaired) electrons. The molecular formula is C11H7Cl3N2O3S. The lowest BCUT2D eigenvalue weighted by Gasteiger charge is -2.07. The topological polar surface area (TPSA) is 80.2 Å². The van der Waals surface area contributed by atoms with Crippen molar-refractivity contribution in [1.29, 1.82) is 0 Å². The van der Waals surface area contributed by atoms with E-state index in [1.54, 1.807) is 0 Å². The summed E-state index contributed by atoms with van der Waals surface area (Å²) in [4.78, 5) is 7.16. The summed E-state index contributed by atoms with van der Waals surface area (Å²) in [6.45, 7) is 0. The molecular weight excluding hydrogens is 347 g/mol. The number of benzene rings is 1. The Bertz CT molecular complexity index is 745. The van der Waals surface area contributed by atoms with Crippen LogP contribution in [0.5, 0.6) is 5.75 Å². The van der Waals surface area contributed by atoms with Crippen molar-refractivity contribution in [3.8, 4) is 5.75 Å². The largest absolute Gasteiger partial charge is 0.504 e. The molecule has 1 N–H and O–H groups in total. The van der Waals surface area contributed by atoms with Crippen LogP contribution in [0.2, 0.25) is 15.3 Å². The van der Waals surface area contributed by atoms with E-state index in [9.17, 15) is 13.5 Å². The van der Waals surface area contributed by atoms with E-state index in [1.807, 2.05) is 0 Å². The van der Waals surface area contributed by atoms with Gasteiger partial charge in [0.05, 0.1) is 11.1 Å². The van der Waals surface area contributed by atoms with E-state index in [4.69, 9.17) is 34.8 Å². The standard InChI is InChI=1S/C11H7Cl3N2O3S/c12-6-1-7(13)3-8(2-6)20(18,19)5-9-10(17)4-15-11(14)16-9/h1-4,17H,5H2. The number of aromatic hydroxyl groups is 1. The lowest BCUT2D eigenvalue weighted by atomic mass is 10.4. The van der Waals surface area contributed by atoms with Crippen LogP contribution in [-0.2, 0) is 15.6 Å². The van der Waals surface area contributed by atoms with E-state index in [2.05, 4.69) is 9.97 Å². The second kappa shape index (κ2) is 5.73. The molecule has 0 unspecified atom stereocenters. The Labute approximate surface area is 130 Å². The normalized spacial score (nSPS) is 11.6. The molecule has 0 saturated heterocycles. The van der Waals surface area contributed by atoms with Gasteiger partial charge in [0.1, 0.15) is 11.4 Å². The van der Waals surface area contributed by atoms with Crippen molar-refractivity contribution in [2.24, 2.45) is 0 Å². The summed E-state index contributed by atoms with van der Waals surface area (Å²) in [5.74, 6) is -0.899. The molecule has 0 fully saturated rings. The zero-order chi connectivity index (χ0) is 14.9. The molecule has 0 aliphatic rings. The summed E-state index contributed by atoms with van der Waals surface area (Å²) in [7, 11) is -3.78. The van der Waals surface area contributed by atoms with Gasteiger partial charge in [-0.05, 0) is 29.8 Å². The van der Waals surface area contributed by atoms with Crippen LogP contribution in [0.25, 0.3) is 0 Å². The van der Waals surface area contributed by atoms with Gasteiger partial charge in [0.2, 0.25) is 5.28 Å². The highest BCUT2D eigenvalue weighted by molar-refractivity contribution is 7.90. The van der Waals surface area contributed by atoms with Crippen molar-refractivity contribution >= 4 is 44.6 Å². The molecule has 106 valence electrons. The highest BCUT2D eigenvalue weighted by atomic mass is 35.5. The third-order valence-corrected chi connectivity index (χ3v) is 4.56. The van der Waals surface area contributed by atoms with Crippen LogP contribution in [0.1, 0.15) is 5.69 Å². The van der Waals surface area contributed by atoms with Crippen LogP contribution in [0.15, 0.2) is 29.3 Å². The molecule has 0 atom stereocenters. The minimum atomic E-state index is -3.78. The van der Waals surface area contributed by atoms with Gasteiger partial charge in [-0.1, -0.05) is 23.2 Å². The molecule has 0 amide bonds. The van der Waals surface area contributed by atoms with Crippen molar-refractivity contribution < 1.29 is 13.5 Å². The van der Waals surface area contributed by atoms with Crippen molar-refractivity contribution in [1.82, 2.24) is 9.97 Å². The summed E-state index contributed by atoms with van der Waals surface area (Å²) in [5, 5.41) is 9.79. The third kappa shape index (κ3) is 3.52. The van der Waals surface area contributed by atoms with Gasteiger partial charge in [-0.15, -0.1) is 0 Å². The number of aromatic nitrogens is 2. The second-order valence-corrected chi connectivity index (χ2v) is 7.04. The Morgan fingerprint density at radius 2 is 1.70 bits per heavy atom. The Kier molecular flexibility index (Phi) is 4.39. The Morgan fingerprint density at radius 3 is 2.30 bits per heavy atom. The number of hydrogen-bond donors (Lipinski definition) is 1. The molecule has 9 heteroatoms. The van der Waals surface area contributed by atoms with Crippen LogP contribution in [-0.4, -0.2) is 23.5 Å². The maximum atomic E-state index is 12.2. The Balaban J connectivity index is 2.43. The zero-order valence-corrected chi connectivity index (χ0v) is 12.8. The first-order valence-electron chi connectivity index (χ1n) is 5.17. The fourth-order valence-electron chi connectivity index (χ4n) is 1.46. The van der Waals surface area contributed by atoms with Gasteiger partial charge in [0, 0.05) is 10.0 Å². The van der Waals surface area contributed by atoms with E-state index in [0.29, 0.717) is 0 Å². The number of hydrogen-bond acceptors (Lipinski definition) is 5. The summed E-state index contributed by atoms with van der Waals surface area (Å²) in [6, 6.07) is 3.95. The van der Waals surface area contributed by atoms with Crippen LogP contribution >= 0.6 is 34.8 Å². The highest BCUT2D eigenvalue weighted by Crippen LogP contribution is 2.26. The lowest BCUT2D eigenvalue weighted by Crippen LogP contribution is -2.07. The Morgan fingerprint density at radius 1 is 1.10 bits per heavy atom. The zero-order valence-electron chi connectivity index (χ0n) is 9.72. The quantitative estimate of drug-likeness (QED) is 0.858. The van der Waals surface area contributed by atoms with E-state index in [-0.39, 0.29) is 31.7 Å². The molecule has 1 aromatic carbocycles. The van der Waals surface area contributed by atoms with E-state index in [1.165, 1.54) is 18.2 Å². The molecule has 0 saturated carbocycles. The molecule has 1 heterocycles. The van der Waals surface area contributed by atoms with Crippen LogP contribution < -0.4 is 0 Å². The van der Waals surface area contributed by atoms with Crippen molar-refractivity contribution in [2.75, 3.05) is 0 Å². The molecule has 2 rings (SSSR count). The number of sulfone groups is 1. The number of nitrogens with zero attached hydrogens (tertiary/aromatic N) is 2. The van der Waals surface area contributed by atoms with E-state index < -0.39 is 15.6 Å². The molecule has 5 nitrogen and oxygen atoms in total. The molecule has 0 spiro atoms. The van der Waals surface area contributed by atoms with Crippen molar-refractivity contribution in [3.05, 3.63) is 45.4 Å². The Hall–Kier alpha value is -1.08. The predicted octanol–water partition coefficient (Wildman–Crippen LogP) is 3.12. The second-order valence-electron chi connectivity index (χ2n) is 3.84. The van der Waals surface area contributed by atoms with Crippen LogP contribution in [0, 0.1) is 0 Å². The summed E-state index contributed by atoms with van der Waals surface area (Å²) < 4.78 is 24.5. The van der Waals surface area contributed by atoms with E-state index >= 15 is 0 Å². The van der Waals surface area contributed by atoms with Gasteiger partial charge in [0.15, 0.2) is 15.6 Å². The average molecular weight is 354 g/mol. The maximum Gasteiger partial charge on any atom is 0.222 e. The minimum Gasteiger partial charge on any atom is -0.504 e. The molecule has 0 aliphatic carbocycles. The van der Waals surface area contributed by atoms with Gasteiger partial charge in [-0.25, -0.2) is 18.4 Å². The third-order valence-electron chi connectivity index (χ3n) is 2.34. The average Bonchev–Trinajstić information content (AvgIpc) is 2.32. The van der Waals surface area contributed by atoms with Crippen LogP contribution in [0.3, 0.4) is 0 Å². The molecule has 20 heavy (non-hydrogen) atoms. The van der Waals surface area contributed by atoms with Crippen molar-refractivity contribution in [2.45, 2.75) is 10.6 Å². The SMILES string of the molecule is O=S(=O)(Cc1nc(Cl)ncc1O)c1cc(Cl)cc(Cl)c1. The lowest BCUT2D eigenvalue weighted by molar-refractivity contribution is 0.462. The number of rotatable bonds is 3. The van der Waals surface area contributed by atoms with Gasteiger partial charge in [-0.2, -0.15) is 0 Å². The van der Waals surface area contributed by atoms with Crippen molar-refractivity contribution in [3.63, 3.8) is 0 Å². The monoisotopic (exact) mass is 352 g/mol. The van der Waals surface area contributed by atoms with Gasteiger partial charge < -0.3 is 5.11 Å². The van der Waals surface area contributed by atoms with Gasteiger partial charge >= 0.3 is 0 Å². The maximum absolute atomic E-state index is 12.2. The van der Waals surface area contributed by atoms with E-state index in [0.717, 1.165) is 6.20 Å². The number of halogens is 3. The molecule has 0 bridgehead atoms. The molecule has 0 aliphatic heterocycles. The molecule has 1 aromatic heterocycles. The summed E-state index contributed by atoms with van der Waals surface area (Å²) >= 11 is 17.1. The fraction of sp³-hybridized carbons (Fsp3) is 0.0909. The first kappa shape index (κ1) is 15.3.